The number of carbonyl (C=O) groups is 2. The molecule has 1 aliphatic rings. The minimum atomic E-state index is -2.00. The summed E-state index contributed by atoms with van der Waals surface area (Å²) < 4.78 is 5.68. The zero-order chi connectivity index (χ0) is 23.8. The number of esters is 1. The molecule has 1 saturated heterocycles. The number of amides is 1. The lowest BCUT2D eigenvalue weighted by molar-refractivity contribution is -0.164. The predicted molar refractivity (Wildman–Crippen MR) is 127 cm³/mol. The van der Waals surface area contributed by atoms with Crippen molar-refractivity contribution in [1.82, 2.24) is 15.3 Å². The molecule has 8 heteroatoms. The number of aliphatic hydroxyl groups is 1. The van der Waals surface area contributed by atoms with Crippen molar-refractivity contribution in [3.05, 3.63) is 90.4 Å². The fraction of sp³-hybridized carbons (Fsp3) is 0.308. The maximum absolute atomic E-state index is 13.4. The third kappa shape index (κ3) is 5.30. The molecule has 4 rings (SSSR count). The number of anilines is 1. The Morgan fingerprint density at radius 3 is 2.21 bits per heavy atom. The number of nitrogens with one attached hydrogen (secondary N) is 2. The van der Waals surface area contributed by atoms with Gasteiger partial charge in [0.25, 0.3) is 0 Å². The monoisotopic (exact) mass is 460 g/mol. The molecular formula is C26H28N4O4. The van der Waals surface area contributed by atoms with E-state index < -0.39 is 17.5 Å². The van der Waals surface area contributed by atoms with E-state index >= 15 is 0 Å². The molecule has 1 amide bonds. The number of rotatable bonds is 8. The van der Waals surface area contributed by atoms with Gasteiger partial charge in [-0.25, -0.2) is 9.78 Å². The van der Waals surface area contributed by atoms with Crippen LogP contribution in [-0.4, -0.2) is 46.6 Å². The van der Waals surface area contributed by atoms with Crippen LogP contribution in [0.3, 0.4) is 0 Å². The Balaban J connectivity index is 1.56. The third-order valence-corrected chi connectivity index (χ3v) is 6.18. The van der Waals surface area contributed by atoms with Crippen LogP contribution in [0.25, 0.3) is 0 Å². The van der Waals surface area contributed by atoms with Crippen LogP contribution in [-0.2, 0) is 19.9 Å². The summed E-state index contributed by atoms with van der Waals surface area (Å²) >= 11 is 0. The van der Waals surface area contributed by atoms with Crippen molar-refractivity contribution in [2.45, 2.75) is 18.4 Å². The van der Waals surface area contributed by atoms with Crippen molar-refractivity contribution in [3.8, 4) is 0 Å². The van der Waals surface area contributed by atoms with Gasteiger partial charge < -0.3 is 20.5 Å². The van der Waals surface area contributed by atoms with Gasteiger partial charge in [-0.2, -0.15) is 0 Å². The predicted octanol–water partition coefficient (Wildman–Crippen LogP) is 2.51. The van der Waals surface area contributed by atoms with E-state index in [9.17, 15) is 14.7 Å². The summed E-state index contributed by atoms with van der Waals surface area (Å²) in [6.07, 6.45) is 6.03. The van der Waals surface area contributed by atoms with Gasteiger partial charge in [-0.1, -0.05) is 60.7 Å². The molecule has 1 fully saturated rings. The van der Waals surface area contributed by atoms with E-state index in [-0.39, 0.29) is 18.4 Å². The summed E-state index contributed by atoms with van der Waals surface area (Å²) in [4.78, 5) is 34.6. The van der Waals surface area contributed by atoms with E-state index in [1.165, 1.54) is 18.6 Å². The number of hydrogen-bond donors (Lipinski definition) is 3. The maximum Gasteiger partial charge on any atom is 0.347 e. The highest BCUT2D eigenvalue weighted by atomic mass is 16.5. The Bertz CT molecular complexity index is 1030. The van der Waals surface area contributed by atoms with Crippen LogP contribution < -0.4 is 10.6 Å². The number of benzene rings is 2. The third-order valence-electron chi connectivity index (χ3n) is 6.18. The quantitative estimate of drug-likeness (QED) is 0.443. The van der Waals surface area contributed by atoms with E-state index in [0.29, 0.717) is 16.9 Å². The Labute approximate surface area is 198 Å². The number of ether oxygens (including phenoxy) is 1. The molecule has 1 atom stereocenters. The standard InChI is InChI=1S/C26H28N4O4/c31-24(30-23-17-28-15-16-29-23)22(19-11-13-27-14-12-19)18-34-25(32)26(33,20-7-3-1-4-8-20)21-9-5-2-6-10-21/h1-10,15-17,19,22,27,33H,11-14,18H2,(H,29,30,31). The molecule has 1 aromatic heterocycles. The average molecular weight is 461 g/mol. The van der Waals surface area contributed by atoms with Crippen LogP contribution in [0, 0.1) is 11.8 Å². The fourth-order valence-corrected chi connectivity index (χ4v) is 4.29. The summed E-state index contributed by atoms with van der Waals surface area (Å²) in [6, 6.07) is 17.3. The van der Waals surface area contributed by atoms with Crippen LogP contribution in [0.15, 0.2) is 79.3 Å². The molecular weight excluding hydrogens is 432 g/mol. The molecule has 1 aliphatic heterocycles. The SMILES string of the molecule is O=C(Nc1cnccn1)C(COC(=O)C(O)(c1ccccc1)c1ccccc1)C1CCNCC1. The number of aromatic nitrogens is 2. The van der Waals surface area contributed by atoms with Gasteiger partial charge in [-0.3, -0.25) is 9.78 Å². The molecule has 3 N–H and O–H groups in total. The van der Waals surface area contributed by atoms with Crippen LogP contribution in [0.5, 0.6) is 0 Å². The summed E-state index contributed by atoms with van der Waals surface area (Å²) in [5.74, 6) is -1.35. The number of hydrogen-bond acceptors (Lipinski definition) is 7. The van der Waals surface area contributed by atoms with E-state index in [1.54, 1.807) is 48.5 Å². The molecule has 0 bridgehead atoms. The summed E-state index contributed by atoms with van der Waals surface area (Å²) in [7, 11) is 0. The van der Waals surface area contributed by atoms with Crippen molar-refractivity contribution in [2.24, 2.45) is 11.8 Å². The van der Waals surface area contributed by atoms with Crippen molar-refractivity contribution in [3.63, 3.8) is 0 Å². The van der Waals surface area contributed by atoms with Crippen molar-refractivity contribution >= 4 is 17.7 Å². The van der Waals surface area contributed by atoms with Gasteiger partial charge in [0.1, 0.15) is 6.61 Å². The zero-order valence-corrected chi connectivity index (χ0v) is 18.8. The summed E-state index contributed by atoms with van der Waals surface area (Å²) in [5, 5.41) is 17.7. The average Bonchev–Trinajstić information content (AvgIpc) is 2.90. The molecule has 0 radical (unpaired) electrons. The van der Waals surface area contributed by atoms with Crippen LogP contribution in [0.2, 0.25) is 0 Å². The van der Waals surface area contributed by atoms with Crippen molar-refractivity contribution < 1.29 is 19.4 Å². The van der Waals surface area contributed by atoms with Gasteiger partial charge in [0.15, 0.2) is 5.82 Å². The van der Waals surface area contributed by atoms with Gasteiger partial charge in [0.05, 0.1) is 12.1 Å². The molecule has 176 valence electrons. The lowest BCUT2D eigenvalue weighted by atomic mass is 9.84. The van der Waals surface area contributed by atoms with Crippen molar-refractivity contribution in [1.29, 1.82) is 0 Å². The number of piperidine rings is 1. The van der Waals surface area contributed by atoms with Crippen LogP contribution in [0.1, 0.15) is 24.0 Å². The van der Waals surface area contributed by atoms with E-state index in [4.69, 9.17) is 4.74 Å². The largest absolute Gasteiger partial charge is 0.462 e. The highest BCUT2D eigenvalue weighted by Crippen LogP contribution is 2.32. The Morgan fingerprint density at radius 2 is 1.65 bits per heavy atom. The lowest BCUT2D eigenvalue weighted by Crippen LogP contribution is -2.43. The summed E-state index contributed by atoms with van der Waals surface area (Å²) in [6.45, 7) is 1.41. The molecule has 0 aliphatic carbocycles. The topological polar surface area (TPSA) is 113 Å². The maximum atomic E-state index is 13.4. The second-order valence-corrected chi connectivity index (χ2v) is 8.31. The molecule has 34 heavy (non-hydrogen) atoms. The van der Waals surface area contributed by atoms with Gasteiger partial charge in [0.2, 0.25) is 11.5 Å². The van der Waals surface area contributed by atoms with E-state index in [1.807, 2.05) is 12.1 Å². The molecule has 1 unspecified atom stereocenters. The fourth-order valence-electron chi connectivity index (χ4n) is 4.29. The lowest BCUT2D eigenvalue weighted by Gasteiger charge is -2.31. The number of nitrogens with zero attached hydrogens (tertiary/aromatic N) is 2. The number of carbonyl (C=O) groups excluding carboxylic acids is 2. The molecule has 2 aromatic carbocycles. The molecule has 8 nitrogen and oxygen atoms in total. The highest BCUT2D eigenvalue weighted by Gasteiger charge is 2.42. The van der Waals surface area contributed by atoms with Gasteiger partial charge in [-0.05, 0) is 43.0 Å². The minimum Gasteiger partial charge on any atom is -0.462 e. The van der Waals surface area contributed by atoms with E-state index in [0.717, 1.165) is 25.9 Å². The first-order valence-corrected chi connectivity index (χ1v) is 11.4. The first-order chi connectivity index (χ1) is 16.6. The van der Waals surface area contributed by atoms with Gasteiger partial charge >= 0.3 is 5.97 Å². The highest BCUT2D eigenvalue weighted by molar-refractivity contribution is 5.92. The Morgan fingerprint density at radius 1 is 1.03 bits per heavy atom. The Hall–Kier alpha value is -3.62. The molecule has 2 heterocycles. The van der Waals surface area contributed by atoms with Crippen LogP contribution in [0.4, 0.5) is 5.82 Å². The first kappa shape index (κ1) is 23.5. The first-order valence-electron chi connectivity index (χ1n) is 11.4. The van der Waals surface area contributed by atoms with Crippen molar-refractivity contribution in [2.75, 3.05) is 25.0 Å². The minimum absolute atomic E-state index is 0.0206. The summed E-state index contributed by atoms with van der Waals surface area (Å²) in [5.41, 5.74) is -1.20. The molecule has 0 saturated carbocycles. The normalized spacial score (nSPS) is 15.3. The zero-order valence-electron chi connectivity index (χ0n) is 18.8. The second-order valence-electron chi connectivity index (χ2n) is 8.31. The van der Waals surface area contributed by atoms with Gasteiger partial charge in [0, 0.05) is 12.4 Å². The Kier molecular flexibility index (Phi) is 7.61. The van der Waals surface area contributed by atoms with E-state index in [2.05, 4.69) is 20.6 Å². The van der Waals surface area contributed by atoms with Crippen LogP contribution >= 0.6 is 0 Å². The molecule has 3 aromatic rings. The second kappa shape index (κ2) is 11.0. The molecule has 0 spiro atoms. The smallest absolute Gasteiger partial charge is 0.347 e. The van der Waals surface area contributed by atoms with Gasteiger partial charge in [-0.15, -0.1) is 0 Å².